The summed E-state index contributed by atoms with van der Waals surface area (Å²) in [6, 6.07) is 0. The van der Waals surface area contributed by atoms with E-state index in [1.165, 1.54) is 0 Å². The van der Waals surface area contributed by atoms with Gasteiger partial charge in [0.15, 0.2) is 6.10 Å². The Kier molecular flexibility index (Phi) is 19.8. The maximum atomic E-state index is 12.0. The van der Waals surface area contributed by atoms with E-state index < -0.39 is 51.3 Å². The van der Waals surface area contributed by atoms with Gasteiger partial charge in [0.1, 0.15) is 6.61 Å². The van der Waals surface area contributed by atoms with E-state index in [0.717, 1.165) is 32.6 Å². The normalized spacial score (nSPS) is 15.2. The number of aliphatic hydroxyl groups is 2. The number of hydrogen-bond donors (Lipinski definition) is 4. The van der Waals surface area contributed by atoms with Gasteiger partial charge < -0.3 is 29.5 Å². The van der Waals surface area contributed by atoms with Crippen LogP contribution in [0.25, 0.3) is 0 Å². The molecular formula is C25H41O10P. The van der Waals surface area contributed by atoms with Gasteiger partial charge in [-0.25, -0.2) is 4.57 Å². The molecule has 0 saturated heterocycles. The van der Waals surface area contributed by atoms with Crippen LogP contribution in [0.15, 0.2) is 48.6 Å². The molecule has 0 radical (unpaired) electrons. The summed E-state index contributed by atoms with van der Waals surface area (Å²) in [5, 5.41) is 19.8. The van der Waals surface area contributed by atoms with Crippen molar-refractivity contribution in [1.29, 1.82) is 0 Å². The molecule has 36 heavy (non-hydrogen) atoms. The fraction of sp³-hybridized carbons (Fsp3) is 0.600. The van der Waals surface area contributed by atoms with Crippen LogP contribution in [0.2, 0.25) is 0 Å². The van der Waals surface area contributed by atoms with Gasteiger partial charge in [0, 0.05) is 13.3 Å². The average molecular weight is 533 g/mol. The molecule has 0 unspecified atom stereocenters. The minimum Gasteiger partial charge on any atom is -0.462 e. The molecule has 0 rings (SSSR count). The first-order chi connectivity index (χ1) is 17.0. The molecule has 0 aromatic carbocycles. The largest absolute Gasteiger partial charge is 0.469 e. The Morgan fingerprint density at radius 2 is 1.47 bits per heavy atom. The number of esters is 2. The molecular weight excluding hydrogens is 491 g/mol. The molecule has 0 saturated carbocycles. The van der Waals surface area contributed by atoms with Crippen LogP contribution in [0.5, 0.6) is 0 Å². The maximum Gasteiger partial charge on any atom is 0.469 e. The standard InChI is InChI=1S/C25H41O10P/c1-3-4-10-14-22(27)15-11-8-6-5-7-9-12-16-23(28)17-13-18-25(29)35-24(19-33-21(2)26)20-34-36(30,31)32/h6-9,11-12,15-16,22-24,27-28H,3-5,10,13-14,17-20H2,1-2H3,(H2,30,31,32)/b8-6-,9-7-,15-11+,16-12+/t22-,23-,24-/m1/s1. The summed E-state index contributed by atoms with van der Waals surface area (Å²) in [6.07, 6.45) is 17.4. The van der Waals surface area contributed by atoms with Crippen LogP contribution < -0.4 is 0 Å². The van der Waals surface area contributed by atoms with Crippen LogP contribution in [0.4, 0.5) is 0 Å². The predicted molar refractivity (Wildman–Crippen MR) is 136 cm³/mol. The molecule has 0 aromatic rings. The number of hydrogen-bond acceptors (Lipinski definition) is 8. The fourth-order valence-corrected chi connectivity index (χ4v) is 3.14. The smallest absolute Gasteiger partial charge is 0.462 e. The highest BCUT2D eigenvalue weighted by Gasteiger charge is 2.22. The van der Waals surface area contributed by atoms with E-state index in [2.05, 4.69) is 11.4 Å². The molecule has 0 aliphatic rings. The second-order valence-corrected chi connectivity index (χ2v) is 9.32. The number of unbranched alkanes of at least 4 members (excludes halogenated alkanes) is 2. The summed E-state index contributed by atoms with van der Waals surface area (Å²) in [4.78, 5) is 40.4. The van der Waals surface area contributed by atoms with Crippen molar-refractivity contribution >= 4 is 19.8 Å². The summed E-state index contributed by atoms with van der Waals surface area (Å²) in [6.45, 7) is 2.24. The van der Waals surface area contributed by atoms with Crippen molar-refractivity contribution in [3.05, 3.63) is 48.6 Å². The molecule has 0 aliphatic heterocycles. The molecule has 0 bridgehead atoms. The van der Waals surface area contributed by atoms with Crippen LogP contribution in [-0.2, 0) is 28.2 Å². The lowest BCUT2D eigenvalue weighted by Gasteiger charge is -2.18. The molecule has 0 heterocycles. The quantitative estimate of drug-likeness (QED) is 0.0788. The van der Waals surface area contributed by atoms with Crippen molar-refractivity contribution in [1.82, 2.24) is 0 Å². The number of allylic oxidation sites excluding steroid dienone is 6. The molecule has 10 nitrogen and oxygen atoms in total. The zero-order chi connectivity index (χ0) is 27.2. The minimum absolute atomic E-state index is 0.0428. The SMILES string of the molecule is CCCCC[C@@H](O)/C=C/C=C\C/C=C\C=C\[C@@H](O)CCCC(=O)O[C@H](COC(C)=O)COP(=O)(O)O. The lowest BCUT2D eigenvalue weighted by Crippen LogP contribution is -2.29. The highest BCUT2D eigenvalue weighted by molar-refractivity contribution is 7.46. The van der Waals surface area contributed by atoms with Crippen LogP contribution in [-0.4, -0.2) is 63.5 Å². The van der Waals surface area contributed by atoms with E-state index in [1.54, 1.807) is 24.3 Å². The molecule has 0 spiro atoms. The maximum absolute atomic E-state index is 12.0. The van der Waals surface area contributed by atoms with Crippen LogP contribution >= 0.6 is 7.82 Å². The first-order valence-electron chi connectivity index (χ1n) is 12.1. The second kappa shape index (κ2) is 21.1. The first-order valence-corrected chi connectivity index (χ1v) is 13.6. The Morgan fingerprint density at radius 1 is 0.889 bits per heavy atom. The monoisotopic (exact) mass is 532 g/mol. The van der Waals surface area contributed by atoms with Gasteiger partial charge in [-0.1, -0.05) is 74.8 Å². The molecule has 3 atom stereocenters. The third kappa shape index (κ3) is 23.7. The molecule has 0 aromatic heterocycles. The van der Waals surface area contributed by atoms with Gasteiger partial charge >= 0.3 is 19.8 Å². The fourth-order valence-electron chi connectivity index (χ4n) is 2.78. The zero-order valence-corrected chi connectivity index (χ0v) is 22.0. The van der Waals surface area contributed by atoms with Gasteiger partial charge in [-0.2, -0.15) is 0 Å². The summed E-state index contributed by atoms with van der Waals surface area (Å²) in [5.74, 6) is -1.32. The Hall–Kier alpha value is -2.07. The number of rotatable bonds is 20. The first kappa shape index (κ1) is 33.9. The van der Waals surface area contributed by atoms with Gasteiger partial charge in [0.25, 0.3) is 0 Å². The molecule has 0 amide bonds. The van der Waals surface area contributed by atoms with Crippen molar-refractivity contribution < 1.29 is 48.2 Å². The molecule has 4 N–H and O–H groups in total. The topological polar surface area (TPSA) is 160 Å². The third-order valence-corrected chi connectivity index (χ3v) is 5.10. The van der Waals surface area contributed by atoms with E-state index in [1.807, 2.05) is 24.3 Å². The number of carbonyl (C=O) groups is 2. The average Bonchev–Trinajstić information content (AvgIpc) is 2.79. The van der Waals surface area contributed by atoms with Crippen molar-refractivity contribution in [2.24, 2.45) is 0 Å². The van der Waals surface area contributed by atoms with Gasteiger partial charge in [-0.15, -0.1) is 0 Å². The Morgan fingerprint density at radius 3 is 2.00 bits per heavy atom. The highest BCUT2D eigenvalue weighted by atomic mass is 31.2. The molecule has 0 fully saturated rings. The number of carbonyl (C=O) groups excluding carboxylic acids is 2. The lowest BCUT2D eigenvalue weighted by atomic mass is 10.1. The van der Waals surface area contributed by atoms with E-state index in [0.29, 0.717) is 19.3 Å². The Labute approximate surface area is 213 Å². The zero-order valence-electron chi connectivity index (χ0n) is 21.1. The van der Waals surface area contributed by atoms with Crippen LogP contribution in [0.1, 0.15) is 65.2 Å². The number of ether oxygens (including phenoxy) is 2. The van der Waals surface area contributed by atoms with E-state index in [9.17, 15) is 24.4 Å². The van der Waals surface area contributed by atoms with Crippen molar-refractivity contribution in [2.45, 2.75) is 83.5 Å². The van der Waals surface area contributed by atoms with E-state index in [4.69, 9.17) is 19.3 Å². The number of phosphoric acid groups is 1. The highest BCUT2D eigenvalue weighted by Crippen LogP contribution is 2.35. The van der Waals surface area contributed by atoms with Gasteiger partial charge in [0.2, 0.25) is 0 Å². The third-order valence-electron chi connectivity index (χ3n) is 4.62. The Bertz CT molecular complexity index is 769. The molecule has 206 valence electrons. The summed E-state index contributed by atoms with van der Waals surface area (Å²) < 4.78 is 24.9. The van der Waals surface area contributed by atoms with Crippen molar-refractivity contribution in [3.8, 4) is 0 Å². The number of aliphatic hydroxyl groups excluding tert-OH is 2. The van der Waals surface area contributed by atoms with Gasteiger partial charge in [-0.05, 0) is 25.7 Å². The van der Waals surface area contributed by atoms with Crippen molar-refractivity contribution in [2.75, 3.05) is 13.2 Å². The summed E-state index contributed by atoms with van der Waals surface area (Å²) in [5.41, 5.74) is 0. The summed E-state index contributed by atoms with van der Waals surface area (Å²) in [7, 11) is -4.77. The van der Waals surface area contributed by atoms with Crippen LogP contribution in [0.3, 0.4) is 0 Å². The van der Waals surface area contributed by atoms with E-state index >= 15 is 0 Å². The number of phosphoric ester groups is 1. The van der Waals surface area contributed by atoms with Gasteiger partial charge in [-0.3, -0.25) is 14.1 Å². The molecule has 0 aliphatic carbocycles. The van der Waals surface area contributed by atoms with Crippen molar-refractivity contribution in [3.63, 3.8) is 0 Å². The molecule has 11 heteroatoms. The minimum atomic E-state index is -4.77. The predicted octanol–water partition coefficient (Wildman–Crippen LogP) is 3.66. The van der Waals surface area contributed by atoms with Gasteiger partial charge in [0.05, 0.1) is 18.8 Å². The summed E-state index contributed by atoms with van der Waals surface area (Å²) >= 11 is 0. The second-order valence-electron chi connectivity index (χ2n) is 8.09. The lowest BCUT2D eigenvalue weighted by molar-refractivity contribution is -0.160. The van der Waals surface area contributed by atoms with E-state index in [-0.39, 0.29) is 6.42 Å². The Balaban J connectivity index is 4.18. The van der Waals surface area contributed by atoms with Crippen LogP contribution in [0, 0.1) is 0 Å².